The van der Waals surface area contributed by atoms with E-state index in [1.807, 2.05) is 0 Å². The van der Waals surface area contributed by atoms with Crippen LogP contribution < -0.4 is 0 Å². The first-order chi connectivity index (χ1) is 5.79. The highest BCUT2D eigenvalue weighted by Crippen LogP contribution is 2.37. The fourth-order valence-corrected chi connectivity index (χ4v) is 2.98. The smallest absolute Gasteiger partial charge is 0.0139 e. The normalized spacial score (nSPS) is 36.5. The quantitative estimate of drug-likeness (QED) is 0.625. The van der Waals surface area contributed by atoms with E-state index in [1.54, 1.807) is 0 Å². The molecule has 1 rings (SSSR count). The molecule has 0 N–H and O–H groups in total. The lowest BCUT2D eigenvalue weighted by atomic mass is 9.75. The molecule has 1 fully saturated rings. The highest BCUT2D eigenvalue weighted by molar-refractivity contribution is 4.97. The molecule has 0 spiro atoms. The van der Waals surface area contributed by atoms with Gasteiger partial charge in [0.15, 0.2) is 0 Å². The summed E-state index contributed by atoms with van der Waals surface area (Å²) < 4.78 is 0. The Kier molecular flexibility index (Phi) is 3.57. The number of hydrogen-bond acceptors (Lipinski definition) is 1. The summed E-state index contributed by atoms with van der Waals surface area (Å²) in [5.41, 5.74) is 0. The Morgan fingerprint density at radius 3 is 1.58 bits per heavy atom. The van der Waals surface area contributed by atoms with Crippen LogP contribution in [-0.2, 0) is 0 Å². The van der Waals surface area contributed by atoms with E-state index in [-0.39, 0.29) is 0 Å². The van der Waals surface area contributed by atoms with Crippen molar-refractivity contribution >= 4 is 0 Å². The molecule has 0 aromatic rings. The van der Waals surface area contributed by atoms with Gasteiger partial charge in [-0.2, -0.15) is 0 Å². The summed E-state index contributed by atoms with van der Waals surface area (Å²) in [5, 5.41) is 0. The molecule has 1 heterocycles. The number of likely N-dealkylation sites (tertiary alicyclic amines) is 1. The van der Waals surface area contributed by atoms with Crippen molar-refractivity contribution in [2.75, 3.05) is 6.54 Å². The highest BCUT2D eigenvalue weighted by Gasteiger charge is 2.43. The third-order valence-corrected chi connectivity index (χ3v) is 3.51. The van der Waals surface area contributed by atoms with Crippen LogP contribution in [0.1, 0.15) is 47.0 Å². The topological polar surface area (TPSA) is 3.24 Å². The first-order valence-electron chi connectivity index (χ1n) is 5.55. The maximum absolute atomic E-state index is 2.67. The van der Waals surface area contributed by atoms with Crippen LogP contribution in [0.2, 0.25) is 0 Å². The van der Waals surface area contributed by atoms with Crippen molar-refractivity contribution in [3.63, 3.8) is 0 Å². The van der Waals surface area contributed by atoms with Crippen molar-refractivity contribution in [2.45, 2.75) is 59.0 Å². The van der Waals surface area contributed by atoms with E-state index < -0.39 is 0 Å². The molecule has 1 heteroatoms. The minimum Gasteiger partial charge on any atom is -0.297 e. The number of nitrogens with zero attached hydrogens (tertiary/aromatic N) is 1. The lowest BCUT2D eigenvalue weighted by molar-refractivity contribution is -0.0581. The lowest BCUT2D eigenvalue weighted by Crippen LogP contribution is -2.62. The zero-order valence-corrected chi connectivity index (χ0v) is 9.01. The van der Waals surface area contributed by atoms with Crippen molar-refractivity contribution in [1.82, 2.24) is 4.90 Å². The van der Waals surface area contributed by atoms with E-state index in [9.17, 15) is 0 Å². The summed E-state index contributed by atoms with van der Waals surface area (Å²) in [5.74, 6) is 0.986. The molecule has 12 heavy (non-hydrogen) atoms. The van der Waals surface area contributed by atoms with Crippen molar-refractivity contribution in [3.8, 4) is 0 Å². The van der Waals surface area contributed by atoms with E-state index >= 15 is 0 Å². The molecule has 1 nitrogen and oxygen atoms in total. The maximum atomic E-state index is 2.67. The van der Waals surface area contributed by atoms with Crippen LogP contribution in [0.4, 0.5) is 0 Å². The molecule has 0 amide bonds. The zero-order chi connectivity index (χ0) is 9.14. The second-order valence-corrected chi connectivity index (χ2v) is 3.85. The van der Waals surface area contributed by atoms with Crippen LogP contribution in [0.15, 0.2) is 0 Å². The van der Waals surface area contributed by atoms with Gasteiger partial charge in [0.05, 0.1) is 0 Å². The molecule has 1 aliphatic rings. The van der Waals surface area contributed by atoms with Crippen LogP contribution in [0.3, 0.4) is 0 Å². The van der Waals surface area contributed by atoms with E-state index in [0.717, 1.165) is 18.0 Å². The van der Waals surface area contributed by atoms with Gasteiger partial charge in [0.2, 0.25) is 0 Å². The second kappa shape index (κ2) is 4.27. The van der Waals surface area contributed by atoms with Gasteiger partial charge in [0.1, 0.15) is 0 Å². The molecular weight excluding hydrogens is 146 g/mol. The molecule has 0 aliphatic carbocycles. The monoisotopic (exact) mass is 169 g/mol. The summed E-state index contributed by atoms with van der Waals surface area (Å²) in [6, 6.07) is 1.79. The zero-order valence-electron chi connectivity index (χ0n) is 9.01. The fourth-order valence-electron chi connectivity index (χ4n) is 2.98. The van der Waals surface area contributed by atoms with Gasteiger partial charge in [-0.25, -0.2) is 0 Å². The predicted molar refractivity (Wildman–Crippen MR) is 54.3 cm³/mol. The van der Waals surface area contributed by atoms with Crippen molar-refractivity contribution in [1.29, 1.82) is 0 Å². The minimum absolute atomic E-state index is 0.893. The average molecular weight is 169 g/mol. The standard InChI is InChI=1S/C11H23N/c1-5-9-10(6-2)12(8-4)11(9)7-3/h9-11H,5-8H2,1-4H3. The van der Waals surface area contributed by atoms with Gasteiger partial charge in [-0.05, 0) is 25.3 Å². The SMILES string of the molecule is CCC1C(CC)N(CC)C1CC. The Balaban J connectivity index is 2.52. The van der Waals surface area contributed by atoms with Gasteiger partial charge in [-0.3, -0.25) is 4.90 Å². The number of rotatable bonds is 4. The second-order valence-electron chi connectivity index (χ2n) is 3.85. The molecule has 0 bridgehead atoms. The van der Waals surface area contributed by atoms with Crippen LogP contribution >= 0.6 is 0 Å². The van der Waals surface area contributed by atoms with Crippen LogP contribution in [0, 0.1) is 5.92 Å². The van der Waals surface area contributed by atoms with Crippen LogP contribution in [0.25, 0.3) is 0 Å². The summed E-state index contributed by atoms with van der Waals surface area (Å²) in [4.78, 5) is 2.67. The largest absolute Gasteiger partial charge is 0.297 e. The van der Waals surface area contributed by atoms with Crippen molar-refractivity contribution in [2.24, 2.45) is 5.92 Å². The van der Waals surface area contributed by atoms with Gasteiger partial charge < -0.3 is 0 Å². The summed E-state index contributed by atoms with van der Waals surface area (Å²) in [7, 11) is 0. The first-order valence-corrected chi connectivity index (χ1v) is 5.55. The molecule has 1 aliphatic heterocycles. The van der Waals surface area contributed by atoms with E-state index in [1.165, 1.54) is 25.8 Å². The minimum atomic E-state index is 0.893. The number of hydrogen-bond donors (Lipinski definition) is 0. The molecule has 2 unspecified atom stereocenters. The Morgan fingerprint density at radius 1 is 0.833 bits per heavy atom. The Bertz CT molecular complexity index is 93.0. The first kappa shape index (κ1) is 10.0. The molecule has 2 atom stereocenters. The summed E-state index contributed by atoms with van der Waals surface area (Å²) >= 11 is 0. The van der Waals surface area contributed by atoms with Gasteiger partial charge in [-0.1, -0.05) is 34.1 Å². The van der Waals surface area contributed by atoms with E-state index in [2.05, 4.69) is 32.6 Å². The third-order valence-electron chi connectivity index (χ3n) is 3.51. The Morgan fingerprint density at radius 2 is 1.33 bits per heavy atom. The third kappa shape index (κ3) is 1.39. The fraction of sp³-hybridized carbons (Fsp3) is 1.00. The summed E-state index contributed by atoms with van der Waals surface area (Å²) in [6.07, 6.45) is 4.04. The van der Waals surface area contributed by atoms with Gasteiger partial charge >= 0.3 is 0 Å². The molecule has 72 valence electrons. The molecule has 0 aromatic carbocycles. The van der Waals surface area contributed by atoms with Crippen molar-refractivity contribution in [3.05, 3.63) is 0 Å². The highest BCUT2D eigenvalue weighted by atomic mass is 15.3. The lowest BCUT2D eigenvalue weighted by Gasteiger charge is -2.55. The van der Waals surface area contributed by atoms with E-state index in [0.29, 0.717) is 0 Å². The Labute approximate surface area is 77.1 Å². The molecule has 0 aromatic heterocycles. The van der Waals surface area contributed by atoms with Gasteiger partial charge in [0.25, 0.3) is 0 Å². The van der Waals surface area contributed by atoms with E-state index in [4.69, 9.17) is 0 Å². The molecule has 1 saturated heterocycles. The van der Waals surface area contributed by atoms with Crippen molar-refractivity contribution < 1.29 is 0 Å². The van der Waals surface area contributed by atoms with Gasteiger partial charge in [0, 0.05) is 12.1 Å². The molecular formula is C11H23N. The Hall–Kier alpha value is -0.0400. The summed E-state index contributed by atoms with van der Waals surface area (Å²) in [6.45, 7) is 10.5. The predicted octanol–water partition coefficient (Wildman–Crippen LogP) is 2.91. The maximum Gasteiger partial charge on any atom is 0.0139 e. The molecule has 0 radical (unpaired) electrons. The average Bonchev–Trinajstić information content (AvgIpc) is 2.05. The van der Waals surface area contributed by atoms with Crippen LogP contribution in [0.5, 0.6) is 0 Å². The van der Waals surface area contributed by atoms with Crippen LogP contribution in [-0.4, -0.2) is 23.5 Å². The van der Waals surface area contributed by atoms with Gasteiger partial charge in [-0.15, -0.1) is 0 Å². The molecule has 0 saturated carbocycles.